The third-order valence-corrected chi connectivity index (χ3v) is 7.71. The standard InChI is InChI=1S/C26H32N2O8/c1-3-27-22(32)16-9-5-14(6-10-16)19-21(31)25(35)20(24(34,18(30)13-29)26(19,25)36)15-7-11-17(12-8-15)23(33)28-4-2/h5-12,18-21,29-31,34-36H,3-4,13H2,1-2H3,(H,27,32)(H,28,33)/t18-,19?,20?,21?,24+,25+,26+/m1/s1. The van der Waals surface area contributed by atoms with Crippen LogP contribution in [0.25, 0.3) is 0 Å². The molecule has 0 aliphatic heterocycles. The fourth-order valence-electron chi connectivity index (χ4n) is 6.01. The van der Waals surface area contributed by atoms with Crippen LogP contribution in [0, 0.1) is 0 Å². The molecule has 4 rings (SSSR count). The number of aliphatic hydroxyl groups is 6. The molecule has 2 aliphatic carbocycles. The zero-order valence-electron chi connectivity index (χ0n) is 20.0. The second kappa shape index (κ2) is 9.22. The monoisotopic (exact) mass is 500 g/mol. The molecule has 2 saturated carbocycles. The lowest BCUT2D eigenvalue weighted by Gasteiger charge is -2.80. The minimum atomic E-state index is -2.44. The van der Waals surface area contributed by atoms with Gasteiger partial charge < -0.3 is 41.3 Å². The van der Waals surface area contributed by atoms with E-state index in [0.29, 0.717) is 29.8 Å². The first-order chi connectivity index (χ1) is 17.0. The smallest absolute Gasteiger partial charge is 0.251 e. The van der Waals surface area contributed by atoms with Crippen molar-refractivity contribution in [3.05, 3.63) is 70.8 Å². The van der Waals surface area contributed by atoms with Gasteiger partial charge in [0.05, 0.1) is 18.6 Å². The maximum atomic E-state index is 12.1. The van der Waals surface area contributed by atoms with Crippen molar-refractivity contribution >= 4 is 11.8 Å². The molecule has 0 heterocycles. The predicted octanol–water partition coefficient (Wildman–Crippen LogP) is -1.01. The van der Waals surface area contributed by atoms with Crippen LogP contribution in [0.4, 0.5) is 0 Å². The molecule has 194 valence electrons. The molecule has 36 heavy (non-hydrogen) atoms. The highest BCUT2D eigenvalue weighted by molar-refractivity contribution is 5.94. The molecule has 0 radical (unpaired) electrons. The number of rotatable bonds is 8. The minimum absolute atomic E-state index is 0.259. The van der Waals surface area contributed by atoms with E-state index in [1.807, 2.05) is 0 Å². The Kier molecular flexibility index (Phi) is 6.71. The van der Waals surface area contributed by atoms with Crippen LogP contribution < -0.4 is 10.6 Å². The van der Waals surface area contributed by atoms with Gasteiger partial charge in [-0.2, -0.15) is 0 Å². The molecule has 0 saturated heterocycles. The van der Waals surface area contributed by atoms with E-state index in [2.05, 4.69) is 10.6 Å². The number of hydrogen-bond donors (Lipinski definition) is 8. The van der Waals surface area contributed by atoms with Crippen LogP contribution in [0.2, 0.25) is 0 Å². The van der Waals surface area contributed by atoms with Crippen molar-refractivity contribution in [3.63, 3.8) is 0 Å². The summed E-state index contributed by atoms with van der Waals surface area (Å²) in [5.74, 6) is -3.22. The summed E-state index contributed by atoms with van der Waals surface area (Å²) in [6.45, 7) is 3.50. The average molecular weight is 501 g/mol. The third-order valence-electron chi connectivity index (χ3n) is 7.71. The van der Waals surface area contributed by atoms with Crippen LogP contribution in [-0.2, 0) is 0 Å². The van der Waals surface area contributed by atoms with Gasteiger partial charge in [0.1, 0.15) is 22.9 Å². The average Bonchev–Trinajstić information content (AvgIpc) is 2.88. The van der Waals surface area contributed by atoms with E-state index in [1.54, 1.807) is 13.8 Å². The van der Waals surface area contributed by atoms with Gasteiger partial charge in [0.15, 0.2) is 0 Å². The Morgan fingerprint density at radius 3 is 1.72 bits per heavy atom. The molecule has 2 fully saturated rings. The van der Waals surface area contributed by atoms with Gasteiger partial charge in [-0.25, -0.2) is 0 Å². The largest absolute Gasteiger partial charge is 0.394 e. The fourth-order valence-corrected chi connectivity index (χ4v) is 6.01. The summed E-state index contributed by atoms with van der Waals surface area (Å²) in [5, 5.41) is 71.6. The Morgan fingerprint density at radius 1 is 0.861 bits per heavy atom. The zero-order valence-corrected chi connectivity index (χ0v) is 20.0. The summed E-state index contributed by atoms with van der Waals surface area (Å²) in [6, 6.07) is 11.8. The summed E-state index contributed by atoms with van der Waals surface area (Å²) in [4.78, 5) is 24.2. The number of aliphatic hydroxyl groups excluding tert-OH is 3. The van der Waals surface area contributed by atoms with E-state index >= 15 is 0 Å². The lowest BCUT2D eigenvalue weighted by Crippen LogP contribution is -2.99. The highest BCUT2D eigenvalue weighted by atomic mass is 16.5. The van der Waals surface area contributed by atoms with Crippen molar-refractivity contribution in [2.75, 3.05) is 19.7 Å². The Balaban J connectivity index is 1.71. The van der Waals surface area contributed by atoms with Crippen LogP contribution in [0.15, 0.2) is 48.5 Å². The SMILES string of the molecule is CCNC(=O)c1ccc(C2C(O)[C@@]3(O)C(c4ccc(C(=O)NCC)cc4)[C@@](O)([C@H](O)CO)[C@@]23O)cc1. The van der Waals surface area contributed by atoms with Crippen LogP contribution in [-0.4, -0.2) is 91.2 Å². The van der Waals surface area contributed by atoms with Gasteiger partial charge in [-0.15, -0.1) is 0 Å². The maximum Gasteiger partial charge on any atom is 0.251 e. The van der Waals surface area contributed by atoms with Crippen molar-refractivity contribution < 1.29 is 40.2 Å². The summed E-state index contributed by atoms with van der Waals surface area (Å²) < 4.78 is 0. The van der Waals surface area contributed by atoms with Gasteiger partial charge in [0.2, 0.25) is 0 Å². The number of benzene rings is 2. The molecule has 8 N–H and O–H groups in total. The number of carbonyl (C=O) groups excluding carboxylic acids is 2. The number of nitrogens with one attached hydrogen (secondary N) is 2. The van der Waals surface area contributed by atoms with E-state index in [-0.39, 0.29) is 17.4 Å². The van der Waals surface area contributed by atoms with E-state index in [9.17, 15) is 40.2 Å². The molecule has 10 nitrogen and oxygen atoms in total. The highest BCUT2D eigenvalue weighted by Gasteiger charge is 2.93. The molecule has 0 aromatic heterocycles. The molecule has 0 bridgehead atoms. The second-order valence-electron chi connectivity index (χ2n) is 9.43. The number of amides is 2. The first kappa shape index (κ1) is 26.2. The Labute approximate surface area is 208 Å². The maximum absolute atomic E-state index is 12.1. The minimum Gasteiger partial charge on any atom is -0.394 e. The van der Waals surface area contributed by atoms with Gasteiger partial charge in [-0.3, -0.25) is 9.59 Å². The summed E-state index contributed by atoms with van der Waals surface area (Å²) >= 11 is 0. The lowest BCUT2D eigenvalue weighted by molar-refractivity contribution is -0.459. The van der Waals surface area contributed by atoms with Gasteiger partial charge in [-0.05, 0) is 49.2 Å². The van der Waals surface area contributed by atoms with E-state index in [1.165, 1.54) is 48.5 Å². The third kappa shape index (κ3) is 3.26. The quantitative estimate of drug-likeness (QED) is 0.227. The molecule has 10 heteroatoms. The first-order valence-electron chi connectivity index (χ1n) is 11.9. The zero-order chi connectivity index (χ0) is 26.5. The molecule has 2 aromatic rings. The fraction of sp³-hybridized carbons (Fsp3) is 0.462. The highest BCUT2D eigenvalue weighted by Crippen LogP contribution is 2.75. The Morgan fingerprint density at radius 2 is 1.31 bits per heavy atom. The molecule has 7 atom stereocenters. The van der Waals surface area contributed by atoms with Crippen molar-refractivity contribution in [1.82, 2.24) is 10.6 Å². The molecule has 2 aliphatic rings. The number of carbonyl (C=O) groups is 2. The van der Waals surface area contributed by atoms with Crippen LogP contribution >= 0.6 is 0 Å². The summed E-state index contributed by atoms with van der Waals surface area (Å²) in [5.41, 5.74) is -5.85. The van der Waals surface area contributed by atoms with E-state index < -0.39 is 47.5 Å². The molecular formula is C26H32N2O8. The van der Waals surface area contributed by atoms with Gasteiger partial charge in [0.25, 0.3) is 11.8 Å². The van der Waals surface area contributed by atoms with Crippen LogP contribution in [0.3, 0.4) is 0 Å². The first-order valence-corrected chi connectivity index (χ1v) is 11.9. The van der Waals surface area contributed by atoms with Gasteiger partial charge in [-0.1, -0.05) is 24.3 Å². The Bertz CT molecular complexity index is 1140. The molecule has 3 unspecified atom stereocenters. The summed E-state index contributed by atoms with van der Waals surface area (Å²) in [6.07, 6.45) is -3.41. The van der Waals surface area contributed by atoms with Gasteiger partial charge >= 0.3 is 0 Å². The van der Waals surface area contributed by atoms with Crippen molar-refractivity contribution in [1.29, 1.82) is 0 Å². The lowest BCUT2D eigenvalue weighted by atomic mass is 9.30. The molecule has 2 aromatic carbocycles. The molecular weight excluding hydrogens is 468 g/mol. The molecule has 2 amide bonds. The van der Waals surface area contributed by atoms with E-state index in [4.69, 9.17) is 0 Å². The van der Waals surface area contributed by atoms with Crippen molar-refractivity contribution in [3.8, 4) is 0 Å². The number of hydrogen-bond acceptors (Lipinski definition) is 8. The topological polar surface area (TPSA) is 180 Å². The predicted molar refractivity (Wildman–Crippen MR) is 128 cm³/mol. The van der Waals surface area contributed by atoms with Crippen molar-refractivity contribution in [2.24, 2.45) is 0 Å². The van der Waals surface area contributed by atoms with Crippen LogP contribution in [0.1, 0.15) is 57.5 Å². The molecule has 0 spiro atoms. The normalized spacial score (nSPS) is 33.5. The van der Waals surface area contributed by atoms with E-state index in [0.717, 1.165) is 0 Å². The Hall–Kier alpha value is -2.86. The van der Waals surface area contributed by atoms with Gasteiger partial charge in [0, 0.05) is 30.1 Å². The van der Waals surface area contributed by atoms with Crippen molar-refractivity contribution in [2.45, 2.75) is 54.7 Å². The van der Waals surface area contributed by atoms with Crippen LogP contribution in [0.5, 0.6) is 0 Å². The number of fused-ring (bicyclic) bond motifs is 1. The second-order valence-corrected chi connectivity index (χ2v) is 9.43. The summed E-state index contributed by atoms with van der Waals surface area (Å²) in [7, 11) is 0.